The van der Waals surface area contributed by atoms with Crippen LogP contribution in [0.25, 0.3) is 0 Å². The first-order chi connectivity index (χ1) is 7.04. The molecular formula is C10H13NO3S. The van der Waals surface area contributed by atoms with Crippen LogP contribution >= 0.6 is 0 Å². The number of hydrogen-bond acceptors (Lipinski definition) is 3. The topological polar surface area (TPSA) is 55.4 Å². The molecule has 5 heteroatoms. The smallest absolute Gasteiger partial charge is 0.229 e. The van der Waals surface area contributed by atoms with Gasteiger partial charge in [0.1, 0.15) is 5.75 Å². The van der Waals surface area contributed by atoms with Crippen molar-refractivity contribution >= 4 is 15.7 Å². The van der Waals surface area contributed by atoms with Gasteiger partial charge in [-0.1, -0.05) is 0 Å². The van der Waals surface area contributed by atoms with Crippen LogP contribution in [0.5, 0.6) is 5.75 Å². The van der Waals surface area contributed by atoms with E-state index in [1.165, 1.54) is 0 Å². The summed E-state index contributed by atoms with van der Waals surface area (Å²) in [4.78, 5) is 0. The van der Waals surface area contributed by atoms with Crippen molar-refractivity contribution in [3.05, 3.63) is 23.8 Å². The summed E-state index contributed by atoms with van der Waals surface area (Å²) in [6.07, 6.45) is 3.06. The van der Waals surface area contributed by atoms with Gasteiger partial charge in [0.25, 0.3) is 0 Å². The van der Waals surface area contributed by atoms with Gasteiger partial charge < -0.3 is 4.74 Å². The number of sulfonamides is 1. The number of nitrogens with one attached hydrogen (secondary N) is 1. The normalized spacial score (nSPS) is 15.3. The van der Waals surface area contributed by atoms with Gasteiger partial charge in [0.05, 0.1) is 12.9 Å². The number of rotatable bonds is 2. The summed E-state index contributed by atoms with van der Waals surface area (Å²) >= 11 is 0. The molecule has 0 radical (unpaired) electrons. The summed E-state index contributed by atoms with van der Waals surface area (Å²) in [6, 6.07) is 5.35. The Bertz CT molecular complexity index is 468. The molecule has 0 aliphatic carbocycles. The van der Waals surface area contributed by atoms with Gasteiger partial charge in [0.2, 0.25) is 10.0 Å². The zero-order chi connectivity index (χ0) is 10.9. The molecule has 0 saturated heterocycles. The van der Waals surface area contributed by atoms with Crippen LogP contribution in [0.1, 0.15) is 12.0 Å². The fourth-order valence-corrected chi connectivity index (χ4v) is 2.19. The molecule has 4 nitrogen and oxygen atoms in total. The average molecular weight is 227 g/mol. The number of anilines is 1. The zero-order valence-electron chi connectivity index (χ0n) is 8.49. The summed E-state index contributed by atoms with van der Waals surface area (Å²) in [5, 5.41) is 0. The molecule has 1 aliphatic heterocycles. The summed E-state index contributed by atoms with van der Waals surface area (Å²) in [5.41, 5.74) is 1.66. The van der Waals surface area contributed by atoms with Crippen molar-refractivity contribution in [1.29, 1.82) is 0 Å². The molecule has 2 rings (SSSR count). The molecule has 0 saturated carbocycles. The third-order valence-corrected chi connectivity index (χ3v) is 2.82. The molecule has 1 aliphatic rings. The van der Waals surface area contributed by atoms with Crippen LogP contribution < -0.4 is 9.46 Å². The molecule has 1 aromatic rings. The Hall–Kier alpha value is -1.23. The highest BCUT2D eigenvalue weighted by molar-refractivity contribution is 7.92. The fourth-order valence-electron chi connectivity index (χ4n) is 1.64. The Kier molecular flexibility index (Phi) is 2.56. The first-order valence-electron chi connectivity index (χ1n) is 4.78. The molecule has 0 unspecified atom stereocenters. The highest BCUT2D eigenvalue weighted by Gasteiger charge is 2.11. The molecule has 82 valence electrons. The largest absolute Gasteiger partial charge is 0.493 e. The van der Waals surface area contributed by atoms with E-state index in [1.54, 1.807) is 6.07 Å². The fraction of sp³-hybridized carbons (Fsp3) is 0.400. The van der Waals surface area contributed by atoms with E-state index in [9.17, 15) is 8.42 Å². The molecule has 0 amide bonds. The number of benzene rings is 1. The van der Waals surface area contributed by atoms with Gasteiger partial charge in [-0.05, 0) is 36.6 Å². The third kappa shape index (κ3) is 2.62. The zero-order valence-corrected chi connectivity index (χ0v) is 9.30. The highest BCUT2D eigenvalue weighted by Crippen LogP contribution is 2.27. The van der Waals surface area contributed by atoms with Gasteiger partial charge >= 0.3 is 0 Å². The number of hydrogen-bond donors (Lipinski definition) is 1. The van der Waals surface area contributed by atoms with Crippen molar-refractivity contribution in [2.75, 3.05) is 17.6 Å². The molecule has 1 heterocycles. The molecular weight excluding hydrogens is 214 g/mol. The van der Waals surface area contributed by atoms with Crippen molar-refractivity contribution in [3.63, 3.8) is 0 Å². The van der Waals surface area contributed by atoms with E-state index in [0.717, 1.165) is 37.0 Å². The number of aryl methyl sites for hydroxylation is 1. The Morgan fingerprint density at radius 1 is 1.40 bits per heavy atom. The minimum absolute atomic E-state index is 0.599. The first-order valence-corrected chi connectivity index (χ1v) is 6.67. The van der Waals surface area contributed by atoms with Crippen molar-refractivity contribution in [2.45, 2.75) is 12.8 Å². The predicted molar refractivity (Wildman–Crippen MR) is 58.7 cm³/mol. The van der Waals surface area contributed by atoms with Crippen LogP contribution in [-0.2, 0) is 16.4 Å². The molecule has 0 fully saturated rings. The maximum Gasteiger partial charge on any atom is 0.229 e. The minimum atomic E-state index is -3.19. The van der Waals surface area contributed by atoms with E-state index in [4.69, 9.17) is 4.74 Å². The van der Waals surface area contributed by atoms with Crippen LogP contribution in [0.4, 0.5) is 5.69 Å². The quantitative estimate of drug-likeness (QED) is 0.830. The molecule has 1 aromatic carbocycles. The lowest BCUT2D eigenvalue weighted by atomic mass is 10.1. The van der Waals surface area contributed by atoms with Crippen LogP contribution in [0.15, 0.2) is 18.2 Å². The van der Waals surface area contributed by atoms with Crippen LogP contribution in [-0.4, -0.2) is 21.3 Å². The second kappa shape index (κ2) is 3.73. The van der Waals surface area contributed by atoms with Gasteiger partial charge in [-0.2, -0.15) is 0 Å². The van der Waals surface area contributed by atoms with E-state index < -0.39 is 10.0 Å². The van der Waals surface area contributed by atoms with Crippen molar-refractivity contribution < 1.29 is 13.2 Å². The summed E-state index contributed by atoms with van der Waals surface area (Å²) in [7, 11) is -3.19. The minimum Gasteiger partial charge on any atom is -0.493 e. The number of fused-ring (bicyclic) bond motifs is 1. The van der Waals surface area contributed by atoms with E-state index in [0.29, 0.717) is 5.69 Å². The summed E-state index contributed by atoms with van der Waals surface area (Å²) < 4.78 is 29.9. The van der Waals surface area contributed by atoms with Crippen molar-refractivity contribution in [2.24, 2.45) is 0 Å². The monoisotopic (exact) mass is 227 g/mol. The van der Waals surface area contributed by atoms with Crippen molar-refractivity contribution in [3.8, 4) is 5.75 Å². The van der Waals surface area contributed by atoms with E-state index >= 15 is 0 Å². The van der Waals surface area contributed by atoms with Crippen LogP contribution in [0.3, 0.4) is 0 Å². The van der Waals surface area contributed by atoms with Gasteiger partial charge in [-0.25, -0.2) is 8.42 Å². The van der Waals surface area contributed by atoms with Crippen LogP contribution in [0.2, 0.25) is 0 Å². The number of ether oxygens (including phenoxy) is 1. The highest BCUT2D eigenvalue weighted by atomic mass is 32.2. The summed E-state index contributed by atoms with van der Waals surface area (Å²) in [6.45, 7) is 0.742. The Labute approximate surface area is 89.3 Å². The molecule has 0 aromatic heterocycles. The maximum absolute atomic E-state index is 11.0. The standard InChI is InChI=1S/C10H13NO3S/c1-15(12,13)11-9-4-5-10-8(7-9)3-2-6-14-10/h4-5,7,11H,2-3,6H2,1H3. The first kappa shape index (κ1) is 10.3. The Morgan fingerprint density at radius 2 is 2.20 bits per heavy atom. The molecule has 1 N–H and O–H groups in total. The van der Waals surface area contributed by atoms with E-state index in [2.05, 4.69) is 4.72 Å². The average Bonchev–Trinajstić information content (AvgIpc) is 2.15. The van der Waals surface area contributed by atoms with E-state index in [1.807, 2.05) is 12.1 Å². The lowest BCUT2D eigenvalue weighted by molar-refractivity contribution is 0.288. The molecule has 15 heavy (non-hydrogen) atoms. The lowest BCUT2D eigenvalue weighted by Gasteiger charge is -2.17. The van der Waals surface area contributed by atoms with E-state index in [-0.39, 0.29) is 0 Å². The van der Waals surface area contributed by atoms with Gasteiger partial charge in [0.15, 0.2) is 0 Å². The Morgan fingerprint density at radius 3 is 2.93 bits per heavy atom. The summed E-state index contributed by atoms with van der Waals surface area (Å²) in [5.74, 6) is 0.861. The van der Waals surface area contributed by atoms with Gasteiger partial charge in [0, 0.05) is 5.69 Å². The van der Waals surface area contributed by atoms with Crippen molar-refractivity contribution in [1.82, 2.24) is 0 Å². The lowest BCUT2D eigenvalue weighted by Crippen LogP contribution is -2.12. The second-order valence-electron chi connectivity index (χ2n) is 3.65. The Balaban J connectivity index is 2.28. The maximum atomic E-state index is 11.0. The molecule has 0 atom stereocenters. The van der Waals surface area contributed by atoms with Gasteiger partial charge in [-0.15, -0.1) is 0 Å². The van der Waals surface area contributed by atoms with Crippen LogP contribution in [0, 0.1) is 0 Å². The predicted octanol–water partition coefficient (Wildman–Crippen LogP) is 1.38. The van der Waals surface area contributed by atoms with Gasteiger partial charge in [-0.3, -0.25) is 4.72 Å². The SMILES string of the molecule is CS(=O)(=O)Nc1ccc2c(c1)CCCO2. The molecule has 0 bridgehead atoms. The third-order valence-electron chi connectivity index (χ3n) is 2.21. The second-order valence-corrected chi connectivity index (χ2v) is 5.40. The molecule has 0 spiro atoms.